The third-order valence-corrected chi connectivity index (χ3v) is 11.0. The number of aryl methyl sites for hydroxylation is 1. The lowest BCUT2D eigenvalue weighted by Gasteiger charge is -2.31. The van der Waals surface area contributed by atoms with Gasteiger partial charge in [0.05, 0.1) is 32.2 Å². The Hall–Kier alpha value is -3.58. The Labute approximate surface area is 266 Å². The van der Waals surface area contributed by atoms with E-state index in [-0.39, 0.29) is 22.3 Å². The number of rotatable bonds is 5. The highest BCUT2D eigenvalue weighted by atomic mass is 35.5. The Kier molecular flexibility index (Phi) is 7.89. The standard InChI is InChI=1S/C30H20Cl2F3N3O4S2/c1-14-6-2-3-11-19(14)36-20(39)13-37-28-25(44-29(37)42)21(17-9-5-10-18(31)23(17)32)22-24(43-28)27(41)38(26(22)40)16-8-4-7-15(12-16)30(33,34)35/h2-12,21-22,24H,13H2,1H3,(H,36,39)/t21-,22?,24?/m1/s1. The van der Waals surface area contributed by atoms with Gasteiger partial charge in [-0.15, -0.1) is 0 Å². The first-order chi connectivity index (χ1) is 20.9. The van der Waals surface area contributed by atoms with Crippen molar-refractivity contribution < 1.29 is 27.6 Å². The van der Waals surface area contributed by atoms with Gasteiger partial charge in [-0.3, -0.25) is 23.7 Å². The van der Waals surface area contributed by atoms with Crippen LogP contribution in [0.25, 0.3) is 0 Å². The fraction of sp³-hybridized carbons (Fsp3) is 0.200. The Morgan fingerprint density at radius 3 is 2.43 bits per heavy atom. The molecular formula is C30H20Cl2F3N3O4S2. The summed E-state index contributed by atoms with van der Waals surface area (Å²) in [6.07, 6.45) is -4.70. The molecule has 226 valence electrons. The van der Waals surface area contributed by atoms with Crippen LogP contribution in [0.2, 0.25) is 10.0 Å². The van der Waals surface area contributed by atoms with Crippen molar-refractivity contribution in [2.24, 2.45) is 5.92 Å². The smallest absolute Gasteiger partial charge is 0.324 e. The van der Waals surface area contributed by atoms with Crippen LogP contribution >= 0.6 is 46.3 Å². The SMILES string of the molecule is Cc1ccccc1NC(=O)Cn1c2c(sc1=O)[C@H](c1cccc(Cl)c1Cl)C1C(=O)N(c3cccc(C(F)(F)F)c3)C(=O)C1S2. The largest absolute Gasteiger partial charge is 0.416 e. The molecule has 3 aromatic carbocycles. The third-order valence-electron chi connectivity index (χ3n) is 7.52. The van der Waals surface area contributed by atoms with Crippen molar-refractivity contribution in [1.29, 1.82) is 0 Å². The zero-order valence-corrected chi connectivity index (χ0v) is 25.7. The number of anilines is 2. The van der Waals surface area contributed by atoms with Gasteiger partial charge in [0.15, 0.2) is 0 Å². The number of benzene rings is 3. The number of thiazole rings is 1. The predicted molar refractivity (Wildman–Crippen MR) is 164 cm³/mol. The molecule has 3 atom stereocenters. The quantitative estimate of drug-likeness (QED) is 0.230. The second-order valence-corrected chi connectivity index (χ2v) is 13.1. The van der Waals surface area contributed by atoms with Gasteiger partial charge in [0.25, 0.3) is 0 Å². The number of alkyl halides is 3. The van der Waals surface area contributed by atoms with E-state index in [9.17, 15) is 32.3 Å². The molecule has 3 heterocycles. The van der Waals surface area contributed by atoms with E-state index in [0.717, 1.165) is 51.8 Å². The number of hydrogen-bond donors (Lipinski definition) is 1. The maximum Gasteiger partial charge on any atom is 0.416 e. The van der Waals surface area contributed by atoms with Gasteiger partial charge in [-0.05, 0) is 48.4 Å². The molecule has 1 N–H and O–H groups in total. The normalized spacial score (nSPS) is 19.6. The molecule has 1 saturated heterocycles. The summed E-state index contributed by atoms with van der Waals surface area (Å²) in [4.78, 5) is 54.9. The number of aromatic nitrogens is 1. The number of carbonyl (C=O) groups is 3. The second kappa shape index (κ2) is 11.4. The first kappa shape index (κ1) is 30.4. The van der Waals surface area contributed by atoms with E-state index in [2.05, 4.69) is 5.32 Å². The summed E-state index contributed by atoms with van der Waals surface area (Å²) in [5, 5.41) is 2.25. The van der Waals surface area contributed by atoms with Crippen LogP contribution in [-0.2, 0) is 27.1 Å². The first-order valence-electron chi connectivity index (χ1n) is 13.1. The van der Waals surface area contributed by atoms with Gasteiger partial charge in [0, 0.05) is 16.5 Å². The van der Waals surface area contributed by atoms with Crippen molar-refractivity contribution in [2.45, 2.75) is 35.8 Å². The minimum Gasteiger partial charge on any atom is -0.324 e. The van der Waals surface area contributed by atoms with Crippen molar-refractivity contribution in [1.82, 2.24) is 4.57 Å². The molecule has 1 aromatic heterocycles. The van der Waals surface area contributed by atoms with E-state index >= 15 is 0 Å². The van der Waals surface area contributed by atoms with Gasteiger partial charge in [0.2, 0.25) is 17.7 Å². The van der Waals surface area contributed by atoms with Crippen LogP contribution in [-0.4, -0.2) is 27.5 Å². The molecule has 2 aliphatic rings. The molecule has 0 saturated carbocycles. The lowest BCUT2D eigenvalue weighted by atomic mass is 9.83. The summed E-state index contributed by atoms with van der Waals surface area (Å²) < 4.78 is 41.8. The molecule has 0 radical (unpaired) electrons. The number of amides is 3. The highest BCUT2D eigenvalue weighted by Crippen LogP contribution is 2.55. The van der Waals surface area contributed by atoms with E-state index in [1.54, 1.807) is 30.3 Å². The van der Waals surface area contributed by atoms with Crippen molar-refractivity contribution in [3.8, 4) is 0 Å². The number of nitrogens with zero attached hydrogens (tertiary/aromatic N) is 2. The van der Waals surface area contributed by atoms with Crippen molar-refractivity contribution in [3.05, 3.63) is 108 Å². The van der Waals surface area contributed by atoms with Gasteiger partial charge in [-0.1, -0.05) is 82.7 Å². The van der Waals surface area contributed by atoms with Gasteiger partial charge in [-0.25, -0.2) is 4.90 Å². The van der Waals surface area contributed by atoms with Crippen molar-refractivity contribution in [2.75, 3.05) is 10.2 Å². The maximum atomic E-state index is 14.0. The van der Waals surface area contributed by atoms with Crippen LogP contribution in [0.1, 0.15) is 27.5 Å². The third kappa shape index (κ3) is 5.23. The van der Waals surface area contributed by atoms with E-state index in [4.69, 9.17) is 23.2 Å². The molecular weight excluding hydrogens is 658 g/mol. The molecule has 0 bridgehead atoms. The number of carbonyl (C=O) groups excluding carboxylic acids is 3. The van der Waals surface area contributed by atoms with Gasteiger partial charge in [0.1, 0.15) is 11.8 Å². The second-order valence-electron chi connectivity index (χ2n) is 10.2. The zero-order valence-electron chi connectivity index (χ0n) is 22.5. The number of para-hydroxylation sites is 1. The van der Waals surface area contributed by atoms with Crippen LogP contribution in [0.4, 0.5) is 24.5 Å². The number of hydrogen-bond acceptors (Lipinski definition) is 6. The molecule has 1 fully saturated rings. The average Bonchev–Trinajstić information content (AvgIpc) is 3.41. The monoisotopic (exact) mass is 677 g/mol. The summed E-state index contributed by atoms with van der Waals surface area (Å²) in [6, 6.07) is 15.9. The predicted octanol–water partition coefficient (Wildman–Crippen LogP) is 6.98. The van der Waals surface area contributed by atoms with E-state index in [1.165, 1.54) is 10.6 Å². The number of imide groups is 1. The van der Waals surface area contributed by atoms with Crippen molar-refractivity contribution in [3.63, 3.8) is 0 Å². The summed E-state index contributed by atoms with van der Waals surface area (Å²) in [6.45, 7) is 1.45. The zero-order chi connectivity index (χ0) is 31.5. The average molecular weight is 679 g/mol. The molecule has 6 rings (SSSR count). The van der Waals surface area contributed by atoms with Crippen LogP contribution in [0.3, 0.4) is 0 Å². The first-order valence-corrected chi connectivity index (χ1v) is 15.6. The summed E-state index contributed by atoms with van der Waals surface area (Å²) >= 11 is 14.7. The maximum absolute atomic E-state index is 14.0. The van der Waals surface area contributed by atoms with E-state index in [1.807, 2.05) is 19.1 Å². The topological polar surface area (TPSA) is 88.5 Å². The van der Waals surface area contributed by atoms with Crippen LogP contribution in [0.5, 0.6) is 0 Å². The minimum atomic E-state index is -4.70. The Bertz CT molecular complexity index is 1910. The summed E-state index contributed by atoms with van der Waals surface area (Å²) in [7, 11) is 0. The summed E-state index contributed by atoms with van der Waals surface area (Å²) in [5.41, 5.74) is 0.525. The van der Waals surface area contributed by atoms with Crippen molar-refractivity contribution >= 4 is 75.4 Å². The molecule has 7 nitrogen and oxygen atoms in total. The van der Waals surface area contributed by atoms with Gasteiger partial charge in [-0.2, -0.15) is 13.2 Å². The number of nitrogens with one attached hydrogen (secondary N) is 1. The minimum absolute atomic E-state index is 0.109. The lowest BCUT2D eigenvalue weighted by Crippen LogP contribution is -2.33. The summed E-state index contributed by atoms with van der Waals surface area (Å²) in [5.74, 6) is -4.01. The number of fused-ring (bicyclic) bond motifs is 2. The lowest BCUT2D eigenvalue weighted by molar-refractivity contribution is -0.137. The van der Waals surface area contributed by atoms with E-state index in [0.29, 0.717) is 21.2 Å². The number of halogens is 5. The molecule has 14 heteroatoms. The molecule has 4 aromatic rings. The van der Waals surface area contributed by atoms with Crippen LogP contribution < -0.4 is 15.1 Å². The van der Waals surface area contributed by atoms with Gasteiger partial charge >= 0.3 is 11.0 Å². The molecule has 2 unspecified atom stereocenters. The van der Waals surface area contributed by atoms with Crippen LogP contribution in [0, 0.1) is 12.8 Å². The van der Waals surface area contributed by atoms with Crippen LogP contribution in [0.15, 0.2) is 76.6 Å². The van der Waals surface area contributed by atoms with Gasteiger partial charge < -0.3 is 5.32 Å². The molecule has 0 spiro atoms. The van der Waals surface area contributed by atoms with E-state index < -0.39 is 51.4 Å². The fourth-order valence-electron chi connectivity index (χ4n) is 5.47. The highest BCUT2D eigenvalue weighted by molar-refractivity contribution is 8.00. The molecule has 2 aliphatic heterocycles. The Balaban J connectivity index is 1.44. The fourth-order valence-corrected chi connectivity index (χ4v) is 8.66. The molecule has 44 heavy (non-hydrogen) atoms. The molecule has 0 aliphatic carbocycles. The number of thioether (sulfide) groups is 1. The Morgan fingerprint density at radius 1 is 0.977 bits per heavy atom. The molecule has 3 amide bonds. The Morgan fingerprint density at radius 2 is 1.70 bits per heavy atom. The highest BCUT2D eigenvalue weighted by Gasteiger charge is 2.57.